The first-order valence-electron chi connectivity index (χ1n) is 5.34. The molecule has 2 aromatic carbocycles. The summed E-state index contributed by atoms with van der Waals surface area (Å²) in [5.41, 5.74) is 4.79. The van der Waals surface area contributed by atoms with Crippen LogP contribution >= 0.6 is 0 Å². The maximum absolute atomic E-state index is 5.15. The Hall–Kier alpha value is -1.76. The molecule has 1 radical (unpaired) electrons. The van der Waals surface area contributed by atoms with Gasteiger partial charge in [-0.15, -0.1) is 0 Å². The minimum atomic E-state index is 0.887. The number of hydrogen-bond acceptors (Lipinski definition) is 1. The van der Waals surface area contributed by atoms with Crippen molar-refractivity contribution in [2.45, 2.75) is 13.8 Å². The number of aryl methyl sites for hydroxylation is 2. The second-order valence-corrected chi connectivity index (χ2v) is 3.91. The number of methoxy groups -OCH3 is 1. The normalized spacial score (nSPS) is 10.2. The molecule has 16 heavy (non-hydrogen) atoms. The van der Waals surface area contributed by atoms with Crippen molar-refractivity contribution < 1.29 is 4.74 Å². The molecule has 0 aliphatic heterocycles. The second kappa shape index (κ2) is 4.40. The van der Waals surface area contributed by atoms with Crippen LogP contribution in [0.4, 0.5) is 0 Å². The van der Waals surface area contributed by atoms with Crippen molar-refractivity contribution in [2.75, 3.05) is 7.11 Å². The predicted molar refractivity (Wildman–Crippen MR) is 66.7 cm³/mol. The van der Waals surface area contributed by atoms with Crippen LogP contribution in [-0.4, -0.2) is 7.11 Å². The summed E-state index contributed by atoms with van der Waals surface area (Å²) in [6.45, 7) is 4.15. The Labute approximate surface area is 96.7 Å². The molecule has 0 amide bonds. The highest BCUT2D eigenvalue weighted by Crippen LogP contribution is 2.25. The first kappa shape index (κ1) is 10.7. The summed E-state index contributed by atoms with van der Waals surface area (Å²) >= 11 is 0. The Morgan fingerprint density at radius 3 is 2.19 bits per heavy atom. The van der Waals surface area contributed by atoms with E-state index in [1.165, 1.54) is 22.3 Å². The van der Waals surface area contributed by atoms with E-state index in [0.29, 0.717) is 0 Å². The fourth-order valence-corrected chi connectivity index (χ4v) is 1.82. The van der Waals surface area contributed by atoms with Crippen molar-refractivity contribution in [1.82, 2.24) is 0 Å². The molecule has 0 saturated carbocycles. The number of benzene rings is 2. The van der Waals surface area contributed by atoms with Crippen molar-refractivity contribution in [3.05, 3.63) is 53.6 Å². The van der Waals surface area contributed by atoms with Crippen LogP contribution in [0.1, 0.15) is 11.1 Å². The third-order valence-corrected chi connectivity index (χ3v) is 2.69. The largest absolute Gasteiger partial charge is 0.497 e. The molecule has 0 aliphatic carbocycles. The van der Waals surface area contributed by atoms with Crippen molar-refractivity contribution in [3.8, 4) is 16.9 Å². The number of rotatable bonds is 2. The van der Waals surface area contributed by atoms with Gasteiger partial charge in [0.1, 0.15) is 5.75 Å². The van der Waals surface area contributed by atoms with Gasteiger partial charge < -0.3 is 4.74 Å². The van der Waals surface area contributed by atoms with Crippen LogP contribution < -0.4 is 4.74 Å². The van der Waals surface area contributed by atoms with Crippen LogP contribution in [0.25, 0.3) is 11.1 Å². The fraction of sp³-hybridized carbons (Fsp3) is 0.200. The SMILES string of the molecule is COc1ccc(-c2ccc(C)[c]c2C)cc1. The maximum Gasteiger partial charge on any atom is 0.118 e. The molecule has 0 N–H and O–H groups in total. The number of ether oxygens (including phenoxy) is 1. The molecule has 1 nitrogen and oxygen atoms in total. The first-order valence-corrected chi connectivity index (χ1v) is 5.34. The average Bonchev–Trinajstić information content (AvgIpc) is 2.29. The monoisotopic (exact) mass is 211 g/mol. The van der Waals surface area contributed by atoms with Gasteiger partial charge in [-0.1, -0.05) is 24.3 Å². The Morgan fingerprint density at radius 1 is 0.938 bits per heavy atom. The molecule has 0 saturated heterocycles. The molecule has 2 rings (SSSR count). The highest BCUT2D eigenvalue weighted by molar-refractivity contribution is 5.67. The van der Waals surface area contributed by atoms with E-state index in [2.05, 4.69) is 44.2 Å². The Bertz CT molecular complexity index is 483. The molecule has 2 aromatic rings. The van der Waals surface area contributed by atoms with E-state index >= 15 is 0 Å². The van der Waals surface area contributed by atoms with Crippen molar-refractivity contribution in [1.29, 1.82) is 0 Å². The summed E-state index contributed by atoms with van der Waals surface area (Å²) in [4.78, 5) is 0. The van der Waals surface area contributed by atoms with Gasteiger partial charge in [0.2, 0.25) is 0 Å². The van der Waals surface area contributed by atoms with Gasteiger partial charge in [0.15, 0.2) is 0 Å². The zero-order chi connectivity index (χ0) is 11.5. The highest BCUT2D eigenvalue weighted by Gasteiger charge is 2.02. The van der Waals surface area contributed by atoms with Crippen LogP contribution in [0.15, 0.2) is 36.4 Å². The summed E-state index contributed by atoms with van der Waals surface area (Å²) in [5.74, 6) is 0.887. The van der Waals surface area contributed by atoms with Crippen LogP contribution in [0.2, 0.25) is 0 Å². The topological polar surface area (TPSA) is 9.23 Å². The molecular weight excluding hydrogens is 196 g/mol. The van der Waals surface area contributed by atoms with Crippen LogP contribution in [0, 0.1) is 19.9 Å². The van der Waals surface area contributed by atoms with Crippen LogP contribution in [0.3, 0.4) is 0 Å². The molecule has 1 heteroatoms. The van der Waals surface area contributed by atoms with Crippen molar-refractivity contribution >= 4 is 0 Å². The molecule has 81 valence electrons. The molecule has 0 spiro atoms. The molecular formula is C15H15O. The van der Waals surface area contributed by atoms with Gasteiger partial charge in [-0.05, 0) is 54.3 Å². The predicted octanol–water partition coefficient (Wildman–Crippen LogP) is 3.78. The van der Waals surface area contributed by atoms with E-state index < -0.39 is 0 Å². The van der Waals surface area contributed by atoms with Gasteiger partial charge in [-0.3, -0.25) is 0 Å². The third kappa shape index (κ3) is 2.08. The van der Waals surface area contributed by atoms with Gasteiger partial charge in [-0.2, -0.15) is 0 Å². The van der Waals surface area contributed by atoms with Crippen LogP contribution in [0.5, 0.6) is 5.75 Å². The lowest BCUT2D eigenvalue weighted by Crippen LogP contribution is -1.86. The van der Waals surface area contributed by atoms with Gasteiger partial charge in [0.25, 0.3) is 0 Å². The zero-order valence-corrected chi connectivity index (χ0v) is 9.87. The highest BCUT2D eigenvalue weighted by atomic mass is 16.5. The van der Waals surface area contributed by atoms with Crippen molar-refractivity contribution in [3.63, 3.8) is 0 Å². The zero-order valence-electron chi connectivity index (χ0n) is 9.87. The smallest absolute Gasteiger partial charge is 0.118 e. The summed E-state index contributed by atoms with van der Waals surface area (Å²) in [6.07, 6.45) is 0. The Morgan fingerprint density at radius 2 is 1.62 bits per heavy atom. The average molecular weight is 211 g/mol. The molecule has 0 bridgehead atoms. The van der Waals surface area contributed by atoms with E-state index in [1.54, 1.807) is 7.11 Å². The molecule has 0 unspecified atom stereocenters. The number of hydrogen-bond donors (Lipinski definition) is 0. The fourth-order valence-electron chi connectivity index (χ4n) is 1.82. The van der Waals surface area contributed by atoms with E-state index in [4.69, 9.17) is 4.74 Å². The molecule has 0 heterocycles. The molecule has 0 atom stereocenters. The summed E-state index contributed by atoms with van der Waals surface area (Å²) < 4.78 is 5.15. The maximum atomic E-state index is 5.15. The minimum absolute atomic E-state index is 0.887. The second-order valence-electron chi connectivity index (χ2n) is 3.91. The molecule has 0 aromatic heterocycles. The lowest BCUT2D eigenvalue weighted by atomic mass is 9.99. The summed E-state index contributed by atoms with van der Waals surface area (Å²) in [7, 11) is 1.68. The van der Waals surface area contributed by atoms with E-state index in [1.807, 2.05) is 12.1 Å². The lowest BCUT2D eigenvalue weighted by molar-refractivity contribution is 0.415. The Balaban J connectivity index is 2.42. The van der Waals surface area contributed by atoms with Gasteiger partial charge >= 0.3 is 0 Å². The van der Waals surface area contributed by atoms with Gasteiger partial charge in [0, 0.05) is 0 Å². The first-order chi connectivity index (χ1) is 7.70. The molecule has 0 aliphatic rings. The standard InChI is InChI=1S/C15H15O/c1-11-4-9-15(12(2)10-11)13-5-7-14(16-3)8-6-13/h4-9H,1-3H3. The quantitative estimate of drug-likeness (QED) is 0.734. The summed E-state index contributed by atoms with van der Waals surface area (Å²) in [5, 5.41) is 0. The van der Waals surface area contributed by atoms with E-state index in [0.717, 1.165) is 5.75 Å². The third-order valence-electron chi connectivity index (χ3n) is 2.69. The van der Waals surface area contributed by atoms with Gasteiger partial charge in [-0.25, -0.2) is 0 Å². The van der Waals surface area contributed by atoms with E-state index in [9.17, 15) is 0 Å². The molecule has 0 fully saturated rings. The lowest BCUT2D eigenvalue weighted by Gasteiger charge is -2.07. The van der Waals surface area contributed by atoms with E-state index in [-0.39, 0.29) is 0 Å². The van der Waals surface area contributed by atoms with Gasteiger partial charge in [0.05, 0.1) is 7.11 Å². The van der Waals surface area contributed by atoms with Crippen LogP contribution in [-0.2, 0) is 0 Å². The summed E-state index contributed by atoms with van der Waals surface area (Å²) in [6, 6.07) is 15.7. The minimum Gasteiger partial charge on any atom is -0.497 e. The van der Waals surface area contributed by atoms with Crippen molar-refractivity contribution in [2.24, 2.45) is 0 Å². The Kier molecular flexibility index (Phi) is 2.95.